The van der Waals surface area contributed by atoms with Gasteiger partial charge in [-0.05, 0) is 36.4 Å². The normalized spacial score (nSPS) is 12.7. The summed E-state index contributed by atoms with van der Waals surface area (Å²) in [5.74, 6) is 0. The summed E-state index contributed by atoms with van der Waals surface area (Å²) in [6.45, 7) is 1.90. The zero-order valence-electron chi connectivity index (χ0n) is 9.98. The molecule has 1 heterocycles. The molecule has 0 saturated carbocycles. The van der Waals surface area contributed by atoms with Crippen LogP contribution in [-0.4, -0.2) is 14.8 Å². The van der Waals surface area contributed by atoms with Crippen LogP contribution in [0, 0.1) is 0 Å². The Morgan fingerprint density at radius 2 is 2.28 bits per heavy atom. The number of nitrogens with one attached hydrogen (secondary N) is 1. The van der Waals surface area contributed by atoms with Gasteiger partial charge in [0, 0.05) is 18.0 Å². The lowest BCUT2D eigenvalue weighted by atomic mass is 10.1. The molecule has 0 radical (unpaired) electrons. The number of H-pyrrole nitrogens is 1. The fraction of sp³-hybridized carbons (Fsp3) is 0.273. The number of hydrogen-bond donors (Lipinski definition) is 2. The average molecular weight is 285 g/mol. The zero-order chi connectivity index (χ0) is 13.3. The first-order valence-electron chi connectivity index (χ1n) is 5.33. The van der Waals surface area contributed by atoms with Crippen LogP contribution in [0.3, 0.4) is 0 Å². The molecule has 1 unspecified atom stereocenters. The summed E-state index contributed by atoms with van der Waals surface area (Å²) in [5.41, 5.74) is 6.51. The lowest BCUT2D eigenvalue weighted by Crippen LogP contribution is -2.12. The third-order valence-corrected chi connectivity index (χ3v) is 4.07. The van der Waals surface area contributed by atoms with Crippen molar-refractivity contribution in [2.75, 3.05) is 0 Å². The Kier molecular flexibility index (Phi) is 3.79. The van der Waals surface area contributed by atoms with E-state index in [-0.39, 0.29) is 11.7 Å². The lowest BCUT2D eigenvalue weighted by Gasteiger charge is -2.08. The summed E-state index contributed by atoms with van der Waals surface area (Å²) in [6, 6.07) is 5.57. The Morgan fingerprint density at radius 3 is 2.78 bits per heavy atom. The molecule has 0 amide bonds. The third-order valence-electron chi connectivity index (χ3n) is 2.52. The van der Waals surface area contributed by atoms with Crippen molar-refractivity contribution in [3.63, 3.8) is 0 Å². The monoisotopic (exact) mass is 284 g/mol. The van der Waals surface area contributed by atoms with Crippen molar-refractivity contribution < 1.29 is 0 Å². The molecule has 0 spiro atoms. The molecule has 0 aliphatic carbocycles. The first-order chi connectivity index (χ1) is 8.49. The number of benzene rings is 1. The zero-order valence-corrected chi connectivity index (χ0v) is 11.5. The van der Waals surface area contributed by atoms with E-state index >= 15 is 0 Å². The van der Waals surface area contributed by atoms with Crippen molar-refractivity contribution in [2.45, 2.75) is 23.0 Å². The number of halogens is 1. The SMILES string of the molecule is CC(N)c1ccc(Sc2n[nH]c(=O)n2C)c(Cl)c1. The quantitative estimate of drug-likeness (QED) is 0.903. The van der Waals surface area contributed by atoms with Gasteiger partial charge in [0.1, 0.15) is 0 Å². The highest BCUT2D eigenvalue weighted by Crippen LogP contribution is 2.32. The summed E-state index contributed by atoms with van der Waals surface area (Å²) >= 11 is 7.51. The largest absolute Gasteiger partial charge is 0.343 e. The van der Waals surface area contributed by atoms with Gasteiger partial charge in [0.15, 0.2) is 5.16 Å². The van der Waals surface area contributed by atoms with E-state index in [2.05, 4.69) is 10.2 Å². The molecule has 0 aliphatic heterocycles. The van der Waals surface area contributed by atoms with E-state index in [1.807, 2.05) is 25.1 Å². The molecule has 0 fully saturated rings. The standard InChI is InChI=1S/C11H13ClN4OS/c1-6(13)7-3-4-9(8(12)5-7)18-11-15-14-10(17)16(11)2/h3-6H,13H2,1-2H3,(H,14,17). The van der Waals surface area contributed by atoms with Crippen LogP contribution in [0.15, 0.2) is 33.0 Å². The number of nitrogens with two attached hydrogens (primary N) is 1. The Labute approximate surface area is 113 Å². The molecule has 1 aromatic heterocycles. The van der Waals surface area contributed by atoms with Crippen LogP contribution < -0.4 is 11.4 Å². The van der Waals surface area contributed by atoms with Crippen molar-refractivity contribution in [1.29, 1.82) is 0 Å². The van der Waals surface area contributed by atoms with Gasteiger partial charge in [-0.1, -0.05) is 17.7 Å². The van der Waals surface area contributed by atoms with Gasteiger partial charge in [-0.2, -0.15) is 0 Å². The minimum atomic E-state index is -0.249. The van der Waals surface area contributed by atoms with Crippen LogP contribution >= 0.6 is 23.4 Å². The van der Waals surface area contributed by atoms with E-state index in [1.54, 1.807) is 7.05 Å². The van der Waals surface area contributed by atoms with Crippen molar-refractivity contribution in [1.82, 2.24) is 14.8 Å². The number of nitrogens with zero attached hydrogens (tertiary/aromatic N) is 2. The molecule has 1 aromatic carbocycles. The maximum Gasteiger partial charge on any atom is 0.343 e. The van der Waals surface area contributed by atoms with Gasteiger partial charge in [-0.15, -0.1) is 5.10 Å². The highest BCUT2D eigenvalue weighted by atomic mass is 35.5. The van der Waals surface area contributed by atoms with Crippen molar-refractivity contribution in [3.8, 4) is 0 Å². The third kappa shape index (κ3) is 2.60. The van der Waals surface area contributed by atoms with Crippen molar-refractivity contribution >= 4 is 23.4 Å². The van der Waals surface area contributed by atoms with Gasteiger partial charge in [-0.25, -0.2) is 9.89 Å². The molecule has 5 nitrogen and oxygen atoms in total. The molecule has 0 aliphatic rings. The van der Waals surface area contributed by atoms with E-state index in [4.69, 9.17) is 17.3 Å². The fourth-order valence-corrected chi connectivity index (χ4v) is 2.51. The van der Waals surface area contributed by atoms with Gasteiger partial charge in [0.25, 0.3) is 0 Å². The minimum Gasteiger partial charge on any atom is -0.324 e. The summed E-state index contributed by atoms with van der Waals surface area (Å²) in [6.07, 6.45) is 0. The number of rotatable bonds is 3. The predicted octanol–water partition coefficient (Wildman–Crippen LogP) is 1.93. The predicted molar refractivity (Wildman–Crippen MR) is 72.0 cm³/mol. The first-order valence-corrected chi connectivity index (χ1v) is 6.52. The van der Waals surface area contributed by atoms with E-state index < -0.39 is 0 Å². The van der Waals surface area contributed by atoms with E-state index in [0.29, 0.717) is 10.2 Å². The van der Waals surface area contributed by atoms with Gasteiger partial charge in [-0.3, -0.25) is 4.57 Å². The Morgan fingerprint density at radius 1 is 1.56 bits per heavy atom. The average Bonchev–Trinajstić information content (AvgIpc) is 2.63. The highest BCUT2D eigenvalue weighted by molar-refractivity contribution is 7.99. The number of aromatic amines is 1. The number of hydrogen-bond acceptors (Lipinski definition) is 4. The van der Waals surface area contributed by atoms with Crippen LogP contribution in [0.2, 0.25) is 5.02 Å². The highest BCUT2D eigenvalue weighted by Gasteiger charge is 2.10. The smallest absolute Gasteiger partial charge is 0.324 e. The van der Waals surface area contributed by atoms with Crippen LogP contribution in [0.25, 0.3) is 0 Å². The molecule has 2 rings (SSSR count). The maximum atomic E-state index is 11.2. The van der Waals surface area contributed by atoms with Crippen molar-refractivity contribution in [3.05, 3.63) is 39.3 Å². The second-order valence-corrected chi connectivity index (χ2v) is 5.37. The van der Waals surface area contributed by atoms with Gasteiger partial charge < -0.3 is 5.73 Å². The summed E-state index contributed by atoms with van der Waals surface area (Å²) < 4.78 is 1.43. The van der Waals surface area contributed by atoms with E-state index in [9.17, 15) is 4.79 Å². The van der Waals surface area contributed by atoms with Crippen LogP contribution in [-0.2, 0) is 7.05 Å². The van der Waals surface area contributed by atoms with E-state index in [1.165, 1.54) is 16.3 Å². The maximum absolute atomic E-state index is 11.2. The van der Waals surface area contributed by atoms with Gasteiger partial charge >= 0.3 is 5.69 Å². The van der Waals surface area contributed by atoms with Gasteiger partial charge in [0.05, 0.1) is 5.02 Å². The van der Waals surface area contributed by atoms with Crippen LogP contribution in [0.1, 0.15) is 18.5 Å². The topological polar surface area (TPSA) is 76.7 Å². The van der Waals surface area contributed by atoms with E-state index in [0.717, 1.165) is 10.5 Å². The molecule has 1 atom stereocenters. The Balaban J connectivity index is 2.30. The molecule has 3 N–H and O–H groups in total. The Bertz CT molecular complexity index is 620. The summed E-state index contributed by atoms with van der Waals surface area (Å²) in [7, 11) is 1.65. The molecular formula is C11H13ClN4OS. The first kappa shape index (κ1) is 13.2. The summed E-state index contributed by atoms with van der Waals surface area (Å²) in [5, 5.41) is 7.46. The number of aromatic nitrogens is 3. The van der Waals surface area contributed by atoms with Crippen molar-refractivity contribution in [2.24, 2.45) is 12.8 Å². The second-order valence-electron chi connectivity index (χ2n) is 3.95. The molecule has 0 saturated heterocycles. The molecule has 0 bridgehead atoms. The minimum absolute atomic E-state index is 0.0590. The molecule has 2 aromatic rings. The second kappa shape index (κ2) is 5.17. The lowest BCUT2D eigenvalue weighted by molar-refractivity contribution is 0.766. The van der Waals surface area contributed by atoms with Crippen LogP contribution in [0.4, 0.5) is 0 Å². The van der Waals surface area contributed by atoms with Gasteiger partial charge in [0.2, 0.25) is 0 Å². The van der Waals surface area contributed by atoms with Crippen LogP contribution in [0.5, 0.6) is 0 Å². The molecular weight excluding hydrogens is 272 g/mol. The molecule has 7 heteroatoms. The Hall–Kier alpha value is -1.24. The molecule has 18 heavy (non-hydrogen) atoms. The fourth-order valence-electron chi connectivity index (χ4n) is 1.41. The summed E-state index contributed by atoms with van der Waals surface area (Å²) in [4.78, 5) is 12.1. The molecule has 96 valence electrons.